The van der Waals surface area contributed by atoms with E-state index < -0.39 is 4.30 Å². The molecule has 152 valence electrons. The van der Waals surface area contributed by atoms with Crippen LogP contribution in [0.4, 0.5) is 0 Å². The monoisotopic (exact) mass is 478 g/mol. The van der Waals surface area contributed by atoms with Crippen LogP contribution in [0, 0.1) is 0 Å². The fraction of sp³-hybridized carbons (Fsp3) is 0.562. The van der Waals surface area contributed by atoms with Crippen LogP contribution in [0.3, 0.4) is 0 Å². The lowest BCUT2D eigenvalue weighted by Gasteiger charge is -1.86. The van der Waals surface area contributed by atoms with Gasteiger partial charge in [-0.15, -0.1) is 23.2 Å². The van der Waals surface area contributed by atoms with Gasteiger partial charge in [0.05, 0.1) is 5.34 Å². The summed E-state index contributed by atoms with van der Waals surface area (Å²) in [6, 6.07) is 9.44. The van der Waals surface area contributed by atoms with Gasteiger partial charge in [0.15, 0.2) is 4.30 Å². The number of ether oxygens (including phenoxy) is 1. The van der Waals surface area contributed by atoms with E-state index in [4.69, 9.17) is 79.4 Å². The van der Waals surface area contributed by atoms with E-state index in [0.29, 0.717) is 0 Å². The lowest BCUT2D eigenvalue weighted by molar-refractivity contribution is -0.114. The Morgan fingerprint density at radius 3 is 1.32 bits per heavy atom. The molecule has 0 heterocycles. The highest BCUT2D eigenvalue weighted by molar-refractivity contribution is 6.63. The first-order valence-electron chi connectivity index (χ1n) is 6.93. The Labute approximate surface area is 182 Å². The van der Waals surface area contributed by atoms with Crippen LogP contribution in [0.1, 0.15) is 27.7 Å². The molecule has 0 amide bonds. The van der Waals surface area contributed by atoms with E-state index in [1.165, 1.54) is 13.8 Å². The van der Waals surface area contributed by atoms with Crippen molar-refractivity contribution in [2.45, 2.75) is 32.0 Å². The van der Waals surface area contributed by atoms with Crippen LogP contribution >= 0.6 is 69.6 Å². The molecule has 0 unspecified atom stereocenters. The van der Waals surface area contributed by atoms with Gasteiger partial charge in [0.1, 0.15) is 5.78 Å². The molecule has 0 aliphatic carbocycles. The smallest absolute Gasteiger partial charge is 0.180 e. The average molecular weight is 481 g/mol. The second-order valence-corrected chi connectivity index (χ2v) is 6.56. The number of ketones is 1. The van der Waals surface area contributed by atoms with Gasteiger partial charge in [0.2, 0.25) is 0 Å². The maximum Gasteiger partial charge on any atom is 0.180 e. The molecule has 0 radical (unpaired) electrons. The number of aliphatic hydroxyl groups excluding tert-OH is 1. The van der Waals surface area contributed by atoms with Crippen LogP contribution in [0.25, 0.3) is 0 Å². The molecule has 1 N–H and O–H groups in total. The standard InChI is InChI=1S/C6H5Cl.C4H10O.C3H6O.CHCl3.CH2Cl2.CH4O/c7-6-4-2-1-3-5-6;1-3-5-4-2;1-3(2)4;2-1(3)4;2-1-3;1-2/h1-5H;3-4H2,1-2H3;1-2H3;1H;1H2;2H,1H3. The molecular formula is C16H28Cl6O3. The van der Waals surface area contributed by atoms with Crippen molar-refractivity contribution >= 4 is 75.4 Å². The van der Waals surface area contributed by atoms with Crippen molar-refractivity contribution in [2.75, 3.05) is 25.7 Å². The van der Waals surface area contributed by atoms with Crippen molar-refractivity contribution in [3.8, 4) is 0 Å². The Balaban J connectivity index is -0.0000000673. The Bertz CT molecular complexity index is 305. The highest BCUT2D eigenvalue weighted by Gasteiger charge is 1.79. The molecule has 0 saturated carbocycles. The Morgan fingerprint density at radius 2 is 1.24 bits per heavy atom. The molecule has 1 aromatic carbocycles. The fourth-order valence-electron chi connectivity index (χ4n) is 0.619. The van der Waals surface area contributed by atoms with Gasteiger partial charge in [-0.1, -0.05) is 64.6 Å². The van der Waals surface area contributed by atoms with Gasteiger partial charge in [-0.25, -0.2) is 0 Å². The van der Waals surface area contributed by atoms with Gasteiger partial charge in [-0.05, 0) is 39.8 Å². The second-order valence-electron chi connectivity index (χ2n) is 3.33. The van der Waals surface area contributed by atoms with Crippen molar-refractivity contribution in [3.05, 3.63) is 35.4 Å². The third-order valence-electron chi connectivity index (χ3n) is 1.14. The molecule has 0 saturated heterocycles. The lowest BCUT2D eigenvalue weighted by Crippen LogP contribution is -1.84. The highest BCUT2D eigenvalue weighted by Crippen LogP contribution is 2.04. The van der Waals surface area contributed by atoms with Crippen LogP contribution in [0.2, 0.25) is 5.02 Å². The second kappa shape index (κ2) is 39.6. The maximum absolute atomic E-state index is 9.44. The summed E-state index contributed by atoms with van der Waals surface area (Å²) in [6.07, 6.45) is 0. The number of alkyl halides is 5. The van der Waals surface area contributed by atoms with E-state index in [1.54, 1.807) is 0 Å². The van der Waals surface area contributed by atoms with Crippen LogP contribution in [-0.2, 0) is 9.53 Å². The summed E-state index contributed by atoms with van der Waals surface area (Å²) in [5.41, 5.74) is 0. The molecule has 0 atom stereocenters. The molecule has 9 heteroatoms. The summed E-state index contributed by atoms with van der Waals surface area (Å²) in [7, 11) is 1.00. The zero-order chi connectivity index (χ0) is 21.1. The van der Waals surface area contributed by atoms with Gasteiger partial charge < -0.3 is 14.6 Å². The van der Waals surface area contributed by atoms with Crippen LogP contribution in [0.5, 0.6) is 0 Å². The molecule has 0 fully saturated rings. The van der Waals surface area contributed by atoms with E-state index >= 15 is 0 Å². The molecule has 0 aromatic heterocycles. The van der Waals surface area contributed by atoms with E-state index in [1.807, 2.05) is 44.2 Å². The molecule has 0 aliphatic heterocycles. The van der Waals surface area contributed by atoms with Gasteiger partial charge in [0, 0.05) is 25.3 Å². The first kappa shape index (κ1) is 36.5. The van der Waals surface area contributed by atoms with E-state index in [2.05, 4.69) is 0 Å². The Kier molecular flexibility index (Phi) is 57.7. The van der Waals surface area contributed by atoms with E-state index in [0.717, 1.165) is 25.3 Å². The fourth-order valence-corrected chi connectivity index (χ4v) is 0.764. The lowest BCUT2D eigenvalue weighted by atomic mass is 10.4. The number of hydrogen-bond donors (Lipinski definition) is 1. The Hall–Kier alpha value is 0.550. The van der Waals surface area contributed by atoms with Gasteiger partial charge in [-0.2, -0.15) is 0 Å². The maximum atomic E-state index is 9.44. The number of carbonyl (C=O) groups is 1. The number of halogens is 6. The predicted molar refractivity (Wildman–Crippen MR) is 116 cm³/mol. The summed E-state index contributed by atoms with van der Waals surface area (Å²) < 4.78 is 4.08. The predicted octanol–water partition coefficient (Wildman–Crippen LogP) is 6.99. The molecule has 0 spiro atoms. The molecule has 0 bridgehead atoms. The van der Waals surface area contributed by atoms with Crippen molar-refractivity contribution in [1.82, 2.24) is 0 Å². The normalized spacial score (nSPS) is 7.56. The van der Waals surface area contributed by atoms with Crippen LogP contribution in [0.15, 0.2) is 30.3 Å². The zero-order valence-corrected chi connectivity index (χ0v) is 19.7. The Morgan fingerprint density at radius 1 is 1.00 bits per heavy atom. The highest BCUT2D eigenvalue weighted by atomic mass is 35.6. The number of aliphatic hydroxyl groups is 1. The van der Waals surface area contributed by atoms with Crippen LogP contribution < -0.4 is 0 Å². The number of hydrogen-bond acceptors (Lipinski definition) is 3. The molecule has 0 aliphatic rings. The first-order valence-corrected chi connectivity index (χ1v) is 9.69. The van der Waals surface area contributed by atoms with Crippen molar-refractivity contribution in [1.29, 1.82) is 0 Å². The molecular weight excluding hydrogens is 453 g/mol. The minimum atomic E-state index is -0.750. The van der Waals surface area contributed by atoms with Crippen molar-refractivity contribution < 1.29 is 14.6 Å². The minimum absolute atomic E-state index is 0.167. The van der Waals surface area contributed by atoms with E-state index in [-0.39, 0.29) is 11.1 Å². The molecule has 25 heavy (non-hydrogen) atoms. The third-order valence-corrected chi connectivity index (χ3v) is 1.39. The summed E-state index contributed by atoms with van der Waals surface area (Å²) in [6.45, 7) is 8.72. The number of Topliss-reactive ketones (excluding diaryl/α,β-unsaturated/α-hetero) is 1. The third kappa shape index (κ3) is 112. The quantitative estimate of drug-likeness (QED) is 0.463. The summed E-state index contributed by atoms with van der Waals surface area (Å²) in [4.78, 5) is 9.44. The molecule has 1 aromatic rings. The summed E-state index contributed by atoms with van der Waals surface area (Å²) in [5, 5.41) is 7.99. The largest absolute Gasteiger partial charge is 0.400 e. The zero-order valence-electron chi connectivity index (χ0n) is 15.1. The topological polar surface area (TPSA) is 46.5 Å². The van der Waals surface area contributed by atoms with Crippen molar-refractivity contribution in [2.24, 2.45) is 0 Å². The number of benzene rings is 1. The van der Waals surface area contributed by atoms with Crippen molar-refractivity contribution in [3.63, 3.8) is 0 Å². The van der Waals surface area contributed by atoms with Gasteiger partial charge >= 0.3 is 0 Å². The SMILES string of the molecule is CC(C)=O.CCOCC.CO.ClC(Cl)Cl.ClCCl.Clc1ccccc1. The molecule has 1 rings (SSSR count). The summed E-state index contributed by atoms with van der Waals surface area (Å²) >= 11 is 29.5. The minimum Gasteiger partial charge on any atom is -0.400 e. The number of rotatable bonds is 2. The first-order chi connectivity index (χ1) is 11.7. The summed E-state index contributed by atoms with van der Waals surface area (Å²) in [5.74, 6) is 0.167. The molecule has 3 nitrogen and oxygen atoms in total. The van der Waals surface area contributed by atoms with Gasteiger partial charge in [0.25, 0.3) is 0 Å². The number of carbonyl (C=O) groups excluding carboxylic acids is 1. The average Bonchev–Trinajstić information content (AvgIpc) is 2.51. The van der Waals surface area contributed by atoms with Crippen LogP contribution in [-0.4, -0.2) is 40.8 Å². The van der Waals surface area contributed by atoms with E-state index in [9.17, 15) is 4.79 Å². The van der Waals surface area contributed by atoms with Gasteiger partial charge in [-0.3, -0.25) is 0 Å².